The second kappa shape index (κ2) is 33.8. The average Bonchev–Trinajstić information content (AvgIpc) is 1.41. The fourth-order valence-electron chi connectivity index (χ4n) is 7.89. The molecule has 0 aliphatic carbocycles. The number of ether oxygens (including phenoxy) is 3. The number of rotatable bonds is 7. The SMILES string of the molecule is C#CC#CC#CC#CC#CC#CC#CC#CC#CC#CC#CC#CC#CC#CC.Cc1n[nH]c(=O)c(C)c1-c1ccc(Oc2nccn3cccc23)cc1.Cc1nn(C2CCCCO2)c(=O)c(C)c1-c1ccc(Oc2nccn3cccc23)cc1.Cl. The molecule has 1 saturated heterocycles. The van der Waals surface area contributed by atoms with Crippen LogP contribution in [0, 0.1) is 194 Å². The molecule has 0 amide bonds. The minimum atomic E-state index is -0.271. The van der Waals surface area contributed by atoms with Crippen molar-refractivity contribution in [2.75, 3.05) is 6.61 Å². The average molecular weight is 1140 g/mol. The highest BCUT2D eigenvalue weighted by Crippen LogP contribution is 2.31. The Bertz CT molecular complexity index is 4920. The lowest BCUT2D eigenvalue weighted by Gasteiger charge is -2.24. The summed E-state index contributed by atoms with van der Waals surface area (Å²) < 4.78 is 23.1. The van der Waals surface area contributed by atoms with Gasteiger partial charge in [-0.15, -0.1) is 18.8 Å². The summed E-state index contributed by atoms with van der Waals surface area (Å²) in [5, 5.41) is 11.1. The predicted octanol–water partition coefficient (Wildman–Crippen LogP) is 9.27. The Morgan fingerprint density at radius 3 is 1.36 bits per heavy atom. The lowest BCUT2D eigenvalue weighted by Crippen LogP contribution is -2.33. The van der Waals surface area contributed by atoms with Gasteiger partial charge in [0.05, 0.1) is 11.4 Å². The van der Waals surface area contributed by atoms with Crippen molar-refractivity contribution in [1.82, 2.24) is 38.7 Å². The Morgan fingerprint density at radius 1 is 0.535 bits per heavy atom. The number of hydrogen-bond donors (Lipinski definition) is 1. The van der Waals surface area contributed by atoms with Gasteiger partial charge in [0.25, 0.3) is 11.1 Å². The van der Waals surface area contributed by atoms with Crippen molar-refractivity contribution in [1.29, 1.82) is 0 Å². The highest BCUT2D eigenvalue weighted by Gasteiger charge is 2.22. The van der Waals surface area contributed by atoms with Gasteiger partial charge in [0.2, 0.25) is 11.8 Å². The quantitative estimate of drug-likeness (QED) is 0.155. The van der Waals surface area contributed by atoms with Crippen LogP contribution in [-0.2, 0) is 4.74 Å². The fraction of sp³-hybridized carbons (Fsp3) is 0.139. The molecule has 1 aliphatic rings. The Labute approximate surface area is 505 Å². The molecule has 0 saturated carbocycles. The van der Waals surface area contributed by atoms with Crippen molar-refractivity contribution in [3.63, 3.8) is 0 Å². The normalized spacial score (nSPS) is 10.4. The van der Waals surface area contributed by atoms with Gasteiger partial charge in [0.15, 0.2) is 6.23 Å². The van der Waals surface area contributed by atoms with Gasteiger partial charge in [-0.2, -0.15) is 10.2 Å². The zero-order valence-corrected chi connectivity index (χ0v) is 47.8. The number of nitrogens with one attached hydrogen (secondary N) is 1. The van der Waals surface area contributed by atoms with Crippen LogP contribution in [0.2, 0.25) is 0 Å². The first kappa shape index (κ1) is 62.5. The van der Waals surface area contributed by atoms with E-state index in [4.69, 9.17) is 20.6 Å². The third-order valence-electron chi connectivity index (χ3n) is 11.6. The number of fused-ring (bicyclic) bond motifs is 2. The van der Waals surface area contributed by atoms with E-state index in [9.17, 15) is 9.59 Å². The van der Waals surface area contributed by atoms with E-state index in [1.165, 1.54) is 4.68 Å². The number of nitrogens with zero attached hydrogens (tertiary/aromatic N) is 7. The van der Waals surface area contributed by atoms with Crippen molar-refractivity contribution < 1.29 is 14.2 Å². The van der Waals surface area contributed by atoms with E-state index in [-0.39, 0.29) is 29.8 Å². The highest BCUT2D eigenvalue weighted by molar-refractivity contribution is 5.85. The molecule has 0 bridgehead atoms. The summed E-state index contributed by atoms with van der Waals surface area (Å²) in [4.78, 5) is 33.5. The van der Waals surface area contributed by atoms with Gasteiger partial charge in [-0.1, -0.05) is 30.2 Å². The Morgan fingerprint density at radius 2 is 0.953 bits per heavy atom. The largest absolute Gasteiger partial charge is 0.437 e. The van der Waals surface area contributed by atoms with E-state index in [0.29, 0.717) is 41.0 Å². The lowest BCUT2D eigenvalue weighted by molar-refractivity contribution is -0.0428. The molecule has 1 fully saturated rings. The Kier molecular flexibility index (Phi) is 24.5. The molecule has 7 heterocycles. The molecule has 13 nitrogen and oxygen atoms in total. The molecule has 1 unspecified atom stereocenters. The summed E-state index contributed by atoms with van der Waals surface area (Å²) in [6.45, 7) is 9.82. The minimum absolute atomic E-state index is 0. The summed E-state index contributed by atoms with van der Waals surface area (Å²) in [6.07, 6.45) is 18.6. The number of benzene rings is 2. The molecule has 0 radical (unpaired) electrons. The molecule has 2 aromatic carbocycles. The third kappa shape index (κ3) is 18.4. The van der Waals surface area contributed by atoms with Gasteiger partial charge in [-0.25, -0.2) is 19.7 Å². The van der Waals surface area contributed by atoms with Gasteiger partial charge < -0.3 is 23.0 Å². The molecule has 410 valence electrons. The first-order chi connectivity index (χ1) is 41.7. The van der Waals surface area contributed by atoms with Crippen LogP contribution in [-0.4, -0.2) is 45.4 Å². The van der Waals surface area contributed by atoms with Gasteiger partial charge in [0, 0.05) is 125 Å². The van der Waals surface area contributed by atoms with Crippen LogP contribution in [0.25, 0.3) is 33.3 Å². The number of terminal acetylenes is 1. The molecule has 8 aromatic rings. The molecule has 1 atom stereocenters. The second-order valence-corrected chi connectivity index (χ2v) is 17.1. The van der Waals surface area contributed by atoms with Crippen molar-refractivity contribution >= 4 is 23.4 Å². The molecule has 86 heavy (non-hydrogen) atoms. The molecule has 9 rings (SSSR count). The van der Waals surface area contributed by atoms with Gasteiger partial charge in [-0.3, -0.25) is 9.59 Å². The molecule has 6 aromatic heterocycles. The van der Waals surface area contributed by atoms with E-state index in [2.05, 4.69) is 185 Å². The Hall–Kier alpha value is -12.7. The van der Waals surface area contributed by atoms with Crippen LogP contribution in [0.5, 0.6) is 23.3 Å². The van der Waals surface area contributed by atoms with Crippen LogP contribution in [0.15, 0.2) is 120 Å². The first-order valence-electron chi connectivity index (χ1n) is 25.7. The number of halogens is 1. The summed E-state index contributed by atoms with van der Waals surface area (Å²) in [7, 11) is 0. The van der Waals surface area contributed by atoms with Crippen molar-refractivity contribution in [2.24, 2.45) is 0 Å². The smallest absolute Gasteiger partial charge is 0.272 e. The maximum absolute atomic E-state index is 13.0. The van der Waals surface area contributed by atoms with Crippen LogP contribution < -0.4 is 20.6 Å². The van der Waals surface area contributed by atoms with Crippen molar-refractivity contribution in [3.8, 4) is 212 Å². The number of aryl methyl sites for hydroxylation is 2. The summed E-state index contributed by atoms with van der Waals surface area (Å²) in [5.41, 5.74) is 8.00. The van der Waals surface area contributed by atoms with Gasteiger partial charge >= 0.3 is 0 Å². The van der Waals surface area contributed by atoms with Gasteiger partial charge in [-0.05, 0) is 208 Å². The van der Waals surface area contributed by atoms with E-state index in [0.717, 1.165) is 63.9 Å². The second-order valence-electron chi connectivity index (χ2n) is 17.1. The topological polar surface area (TPSA) is 143 Å². The van der Waals surface area contributed by atoms with Crippen molar-refractivity contribution in [3.05, 3.63) is 153 Å². The molecule has 1 aliphatic heterocycles. The third-order valence-corrected chi connectivity index (χ3v) is 11.6. The molecule has 14 heteroatoms. The predicted molar refractivity (Wildman–Crippen MR) is 335 cm³/mol. The highest BCUT2D eigenvalue weighted by atomic mass is 35.5. The number of H-pyrrole nitrogens is 1. The maximum atomic E-state index is 13.0. The zero-order valence-electron chi connectivity index (χ0n) is 47.0. The first-order valence-corrected chi connectivity index (χ1v) is 25.7. The lowest BCUT2D eigenvalue weighted by atomic mass is 10.0. The number of hydrogen-bond acceptors (Lipinski definition) is 9. The van der Waals surface area contributed by atoms with Gasteiger partial charge in [0.1, 0.15) is 22.5 Å². The number of aromatic amines is 1. The van der Waals surface area contributed by atoms with E-state index in [1.807, 2.05) is 127 Å². The Balaban J connectivity index is 0.000000206. The molecule has 1 N–H and O–H groups in total. The fourth-order valence-corrected chi connectivity index (χ4v) is 7.89. The van der Waals surface area contributed by atoms with Crippen molar-refractivity contribution in [2.45, 2.75) is 60.1 Å². The minimum Gasteiger partial charge on any atom is -0.437 e. The summed E-state index contributed by atoms with van der Waals surface area (Å²) in [5.74, 6) is 69.3. The van der Waals surface area contributed by atoms with E-state index >= 15 is 0 Å². The van der Waals surface area contributed by atoms with E-state index in [1.54, 1.807) is 26.2 Å². The van der Waals surface area contributed by atoms with Crippen LogP contribution >= 0.6 is 12.4 Å². The molecule has 0 spiro atoms. The summed E-state index contributed by atoms with van der Waals surface area (Å²) in [6, 6.07) is 23.0. The summed E-state index contributed by atoms with van der Waals surface area (Å²) >= 11 is 0. The number of aromatic nitrogens is 8. The van der Waals surface area contributed by atoms with E-state index < -0.39 is 0 Å². The monoisotopic (exact) mass is 1140 g/mol. The van der Waals surface area contributed by atoms with Crippen LogP contribution in [0.3, 0.4) is 0 Å². The van der Waals surface area contributed by atoms with Crippen LogP contribution in [0.1, 0.15) is 54.9 Å². The van der Waals surface area contributed by atoms with Crippen LogP contribution in [0.4, 0.5) is 0 Å². The zero-order chi connectivity index (χ0) is 59.9. The standard InChI is InChI=1S/C29H4.C24H24N4O3.C19H16N4O2.ClH/c1-3-5-7-9-11-13-15-17-19-21-23-25-27-29-28-26-24-22-20-18-16-14-12-10-8-6-4-2;1-16-22(17(2)26-28(24(16)29)21-7-3-4-15-30-21)18-8-10-19(11-9-18)31-23-20-6-5-13-27(20)14-12-25-23;1-12-17(13(2)21-22-18(12)24)14-5-7-15(8-6-14)25-19-16-4-3-10-23(16)11-9-20-19;/h1H,2H3;5-6,8-14,21H,3-4,7,15H2,1-2H3;3-11H,1-2H3,(H,22,24);1H. The molecular formula is C72H45ClN8O5. The molecular weight excluding hydrogens is 1090 g/mol. The maximum Gasteiger partial charge on any atom is 0.272 e.